The van der Waals surface area contributed by atoms with Crippen molar-refractivity contribution in [3.8, 4) is 0 Å². The fourth-order valence-electron chi connectivity index (χ4n) is 2.35. The van der Waals surface area contributed by atoms with E-state index in [1.54, 1.807) is 12.1 Å². The molecule has 0 radical (unpaired) electrons. The molecule has 0 bridgehead atoms. The Hall–Kier alpha value is -1.52. The average molecular weight is 316 g/mol. The number of carbonyl (C=O) groups is 1. The minimum Gasteiger partial charge on any atom is -0.478 e. The largest absolute Gasteiger partial charge is 0.478 e. The molecule has 0 aliphatic heterocycles. The van der Waals surface area contributed by atoms with E-state index >= 15 is 0 Å². The standard InChI is InChI=1S/C17H23F3O2/c18-17(19,20)13-7-5-3-1-2-4-6-8-14-9-11-15(12-10-14)16(21)22/h9-12H,1-8,13H2,(H,21,22). The molecule has 0 atom stereocenters. The van der Waals surface area contributed by atoms with Gasteiger partial charge in [0.2, 0.25) is 0 Å². The van der Waals surface area contributed by atoms with Gasteiger partial charge in [-0.05, 0) is 37.0 Å². The second kappa shape index (κ2) is 9.49. The van der Waals surface area contributed by atoms with Crippen LogP contribution >= 0.6 is 0 Å². The number of rotatable bonds is 10. The molecule has 1 aromatic rings. The van der Waals surface area contributed by atoms with Crippen molar-refractivity contribution >= 4 is 5.97 Å². The highest BCUT2D eigenvalue weighted by atomic mass is 19.4. The number of carboxylic acids is 1. The second-order valence-electron chi connectivity index (χ2n) is 5.59. The van der Waals surface area contributed by atoms with Gasteiger partial charge in [-0.3, -0.25) is 0 Å². The maximum absolute atomic E-state index is 11.9. The molecule has 0 fully saturated rings. The summed E-state index contributed by atoms with van der Waals surface area (Å²) in [5.41, 5.74) is 1.41. The molecule has 0 spiro atoms. The molecule has 124 valence electrons. The van der Waals surface area contributed by atoms with Crippen LogP contribution in [0.4, 0.5) is 13.2 Å². The molecule has 0 aliphatic rings. The van der Waals surface area contributed by atoms with E-state index in [2.05, 4.69) is 0 Å². The van der Waals surface area contributed by atoms with Crippen LogP contribution in [0.15, 0.2) is 24.3 Å². The zero-order valence-corrected chi connectivity index (χ0v) is 12.7. The molecule has 0 unspecified atom stereocenters. The molecule has 5 heteroatoms. The summed E-state index contributed by atoms with van der Waals surface area (Å²) in [6.45, 7) is 0. The summed E-state index contributed by atoms with van der Waals surface area (Å²) in [5.74, 6) is -0.919. The van der Waals surface area contributed by atoms with Crippen molar-refractivity contribution < 1.29 is 23.1 Å². The lowest BCUT2D eigenvalue weighted by Crippen LogP contribution is -2.06. The monoisotopic (exact) mass is 316 g/mol. The first kappa shape index (κ1) is 18.5. The van der Waals surface area contributed by atoms with Gasteiger partial charge >= 0.3 is 12.1 Å². The first-order valence-electron chi connectivity index (χ1n) is 7.77. The van der Waals surface area contributed by atoms with Crippen LogP contribution in [0.3, 0.4) is 0 Å². The molecule has 1 aromatic carbocycles. The normalized spacial score (nSPS) is 11.6. The van der Waals surface area contributed by atoms with Gasteiger partial charge in [0.1, 0.15) is 0 Å². The number of hydrogen-bond acceptors (Lipinski definition) is 1. The summed E-state index contributed by atoms with van der Waals surface area (Å²) >= 11 is 0. The molecule has 22 heavy (non-hydrogen) atoms. The van der Waals surface area contributed by atoms with Crippen molar-refractivity contribution in [1.82, 2.24) is 0 Å². The first-order chi connectivity index (χ1) is 10.4. The molecular formula is C17H23F3O2. The number of hydrogen-bond donors (Lipinski definition) is 1. The van der Waals surface area contributed by atoms with E-state index in [0.717, 1.165) is 44.1 Å². The molecule has 0 amide bonds. The Morgan fingerprint density at radius 1 is 0.864 bits per heavy atom. The van der Waals surface area contributed by atoms with Crippen molar-refractivity contribution in [3.05, 3.63) is 35.4 Å². The number of alkyl halides is 3. The van der Waals surface area contributed by atoms with Gasteiger partial charge < -0.3 is 5.11 Å². The number of unbranched alkanes of at least 4 members (excludes halogenated alkanes) is 6. The molecular weight excluding hydrogens is 293 g/mol. The van der Waals surface area contributed by atoms with Crippen LogP contribution in [0.2, 0.25) is 0 Å². The van der Waals surface area contributed by atoms with Crippen molar-refractivity contribution in [2.45, 2.75) is 64.0 Å². The van der Waals surface area contributed by atoms with Crippen LogP contribution in [0.5, 0.6) is 0 Å². The fraction of sp³-hybridized carbons (Fsp3) is 0.588. The van der Waals surface area contributed by atoms with Gasteiger partial charge in [-0.2, -0.15) is 13.2 Å². The summed E-state index contributed by atoms with van der Waals surface area (Å²) < 4.78 is 35.8. The van der Waals surface area contributed by atoms with Crippen molar-refractivity contribution in [3.63, 3.8) is 0 Å². The maximum atomic E-state index is 11.9. The predicted molar refractivity (Wildman–Crippen MR) is 80.1 cm³/mol. The van der Waals surface area contributed by atoms with Gasteiger partial charge in [0, 0.05) is 6.42 Å². The SMILES string of the molecule is O=C(O)c1ccc(CCCCCCCCCC(F)(F)F)cc1. The Balaban J connectivity index is 2.00. The van der Waals surface area contributed by atoms with Gasteiger partial charge in [0.05, 0.1) is 5.56 Å². The van der Waals surface area contributed by atoms with Gasteiger partial charge in [-0.15, -0.1) is 0 Å². The van der Waals surface area contributed by atoms with Crippen molar-refractivity contribution in [2.75, 3.05) is 0 Å². The molecule has 1 rings (SSSR count). The summed E-state index contributed by atoms with van der Waals surface area (Å²) in [4.78, 5) is 10.7. The molecule has 0 saturated carbocycles. The Bertz CT molecular complexity index is 438. The lowest BCUT2D eigenvalue weighted by atomic mass is 10.0. The van der Waals surface area contributed by atoms with Crippen LogP contribution in [0.1, 0.15) is 67.3 Å². The number of aryl methyl sites for hydroxylation is 1. The van der Waals surface area contributed by atoms with E-state index < -0.39 is 18.6 Å². The number of benzene rings is 1. The van der Waals surface area contributed by atoms with E-state index in [1.807, 2.05) is 12.1 Å². The van der Waals surface area contributed by atoms with Crippen LogP contribution < -0.4 is 0 Å². The van der Waals surface area contributed by atoms with Crippen molar-refractivity contribution in [1.29, 1.82) is 0 Å². The molecule has 2 nitrogen and oxygen atoms in total. The summed E-state index contributed by atoms with van der Waals surface area (Å²) in [7, 11) is 0. The summed E-state index contributed by atoms with van der Waals surface area (Å²) in [6, 6.07) is 6.89. The smallest absolute Gasteiger partial charge is 0.389 e. The minimum atomic E-state index is -4.02. The lowest BCUT2D eigenvalue weighted by molar-refractivity contribution is -0.135. The number of aromatic carboxylic acids is 1. The Labute approximate surface area is 129 Å². The molecule has 0 heterocycles. The van der Waals surface area contributed by atoms with Crippen LogP contribution in [-0.2, 0) is 6.42 Å². The molecule has 0 saturated heterocycles. The molecule has 0 aliphatic carbocycles. The molecule has 0 aromatic heterocycles. The number of carboxylic acid groups (broad SMARTS) is 1. The van der Waals surface area contributed by atoms with Crippen LogP contribution in [0.25, 0.3) is 0 Å². The molecule has 1 N–H and O–H groups in total. The predicted octanol–water partition coefficient (Wildman–Crippen LogP) is 5.61. The van der Waals surface area contributed by atoms with E-state index in [4.69, 9.17) is 5.11 Å². The highest BCUT2D eigenvalue weighted by Gasteiger charge is 2.25. The van der Waals surface area contributed by atoms with Gasteiger partial charge in [-0.25, -0.2) is 4.79 Å². The van der Waals surface area contributed by atoms with Gasteiger partial charge in [0.15, 0.2) is 0 Å². The Kier molecular flexibility index (Phi) is 7.99. The zero-order valence-electron chi connectivity index (χ0n) is 12.7. The number of halogens is 3. The summed E-state index contributed by atoms with van der Waals surface area (Å²) in [5, 5.41) is 8.79. The van der Waals surface area contributed by atoms with Gasteiger partial charge in [0.25, 0.3) is 0 Å². The maximum Gasteiger partial charge on any atom is 0.389 e. The summed E-state index contributed by atoms with van der Waals surface area (Å²) in [6.07, 6.45) is 2.08. The highest BCUT2D eigenvalue weighted by molar-refractivity contribution is 5.87. The first-order valence-corrected chi connectivity index (χ1v) is 7.77. The topological polar surface area (TPSA) is 37.3 Å². The van der Waals surface area contributed by atoms with Crippen LogP contribution in [-0.4, -0.2) is 17.3 Å². The van der Waals surface area contributed by atoms with E-state index in [0.29, 0.717) is 12.0 Å². The second-order valence-corrected chi connectivity index (χ2v) is 5.59. The van der Waals surface area contributed by atoms with E-state index in [9.17, 15) is 18.0 Å². The minimum absolute atomic E-state index is 0.236. The van der Waals surface area contributed by atoms with Crippen molar-refractivity contribution in [2.24, 2.45) is 0 Å². The Morgan fingerprint density at radius 2 is 1.36 bits per heavy atom. The van der Waals surface area contributed by atoms with E-state index in [-0.39, 0.29) is 6.42 Å². The van der Waals surface area contributed by atoms with Gasteiger partial charge in [-0.1, -0.05) is 44.2 Å². The van der Waals surface area contributed by atoms with E-state index in [1.165, 1.54) is 0 Å². The quantitative estimate of drug-likeness (QED) is 0.570. The highest BCUT2D eigenvalue weighted by Crippen LogP contribution is 2.23. The van der Waals surface area contributed by atoms with Crippen LogP contribution in [0, 0.1) is 0 Å². The third kappa shape index (κ3) is 8.70. The third-order valence-electron chi connectivity index (χ3n) is 3.63. The average Bonchev–Trinajstić information content (AvgIpc) is 2.45. The fourth-order valence-corrected chi connectivity index (χ4v) is 2.35. The third-order valence-corrected chi connectivity index (χ3v) is 3.63. The lowest BCUT2D eigenvalue weighted by Gasteiger charge is -2.06. The zero-order chi connectivity index (χ0) is 16.4. The Morgan fingerprint density at radius 3 is 1.86 bits per heavy atom.